The summed E-state index contributed by atoms with van der Waals surface area (Å²) < 4.78 is 26.7. The highest BCUT2D eigenvalue weighted by Crippen LogP contribution is 2.24. The van der Waals surface area contributed by atoms with Gasteiger partial charge in [0.25, 0.3) is 0 Å². The first-order chi connectivity index (χ1) is 5.07. The van der Waals surface area contributed by atoms with Gasteiger partial charge in [0.05, 0.1) is 0 Å². The van der Waals surface area contributed by atoms with Gasteiger partial charge in [-0.2, -0.15) is 0 Å². The fourth-order valence-electron chi connectivity index (χ4n) is 1.59. The Morgan fingerprint density at radius 3 is 1.42 bits per heavy atom. The molecule has 0 heterocycles. The van der Waals surface area contributed by atoms with E-state index in [9.17, 15) is 8.63 Å². The first kappa shape index (κ1) is 12.1. The summed E-state index contributed by atoms with van der Waals surface area (Å²) in [7, 11) is -4.24. The van der Waals surface area contributed by atoms with Crippen molar-refractivity contribution in [1.29, 1.82) is 0 Å². The smallest absolute Gasteiger partial charge is 0.300 e. The summed E-state index contributed by atoms with van der Waals surface area (Å²) in [5.41, 5.74) is -0.432. The zero-order chi connectivity index (χ0) is 10.2. The van der Waals surface area contributed by atoms with E-state index in [1.54, 1.807) is 0 Å². The molecule has 0 amide bonds. The first-order valence-corrected chi connectivity index (χ1v) is 7.59. The minimum Gasteiger partial charge on any atom is -0.300 e. The molecule has 0 aliphatic rings. The van der Waals surface area contributed by atoms with Gasteiger partial charge < -0.3 is 4.48 Å². The van der Waals surface area contributed by atoms with E-state index in [0.29, 0.717) is 0 Å². The Kier molecular flexibility index (Phi) is 3.49. The molecule has 72 valence electrons. The summed E-state index contributed by atoms with van der Waals surface area (Å²) >= 11 is 0. The lowest BCUT2D eigenvalue weighted by Gasteiger charge is -2.42. The molecule has 0 saturated heterocycles. The van der Waals surface area contributed by atoms with Crippen molar-refractivity contribution in [2.45, 2.75) is 46.0 Å². The molecule has 0 aromatic rings. The van der Waals surface area contributed by atoms with Gasteiger partial charge >= 0.3 is 7.40 Å². The maximum Gasteiger partial charge on any atom is 0.630 e. The zero-order valence-corrected chi connectivity index (χ0v) is 9.78. The molecule has 1 nitrogen and oxygen atoms in total. The van der Waals surface area contributed by atoms with Crippen LogP contribution in [0.3, 0.4) is 0 Å². The molecule has 12 heavy (non-hydrogen) atoms. The molecule has 0 atom stereocenters. The van der Waals surface area contributed by atoms with E-state index >= 15 is 0 Å². The van der Waals surface area contributed by atoms with Crippen LogP contribution in [-0.4, -0.2) is 25.7 Å². The Hall–Kier alpha value is 0.102. The van der Waals surface area contributed by atoms with Crippen LogP contribution in [-0.2, 0) is 0 Å². The maximum absolute atomic E-state index is 12.7. The molecule has 5 heteroatoms. The quantitative estimate of drug-likeness (QED) is 0.609. The van der Waals surface area contributed by atoms with Crippen molar-refractivity contribution in [3.05, 3.63) is 0 Å². The molecule has 0 spiro atoms. The second kappa shape index (κ2) is 3.46. The normalized spacial score (nSPS) is 13.8. The number of hydrogen-bond donors (Lipinski definition) is 0. The zero-order valence-electron chi connectivity index (χ0n) is 8.78. The molecule has 0 aliphatic heterocycles. The SMILES string of the molecule is CC(C)(C)N(B(F)F)[Si](C)(C)C. The topological polar surface area (TPSA) is 3.24 Å². The molecule has 0 aromatic heterocycles. The van der Waals surface area contributed by atoms with Crippen molar-refractivity contribution in [3.8, 4) is 0 Å². The Morgan fingerprint density at radius 2 is 1.42 bits per heavy atom. The van der Waals surface area contributed by atoms with Crippen molar-refractivity contribution in [2.24, 2.45) is 0 Å². The first-order valence-electron chi connectivity index (χ1n) is 4.14. The largest absolute Gasteiger partial charge is 0.630 e. The van der Waals surface area contributed by atoms with Gasteiger partial charge in [0.15, 0.2) is 0 Å². The lowest BCUT2D eigenvalue weighted by atomic mass is 10.0. The molecule has 0 radical (unpaired) electrons. The predicted molar refractivity (Wildman–Crippen MR) is 52.9 cm³/mol. The van der Waals surface area contributed by atoms with Crippen LogP contribution < -0.4 is 0 Å². The molecule has 0 N–H and O–H groups in total. The Balaban J connectivity index is 4.70. The van der Waals surface area contributed by atoms with Crippen LogP contribution in [0.4, 0.5) is 8.63 Å². The fraction of sp³-hybridized carbons (Fsp3) is 1.00. The van der Waals surface area contributed by atoms with Crippen molar-refractivity contribution in [3.63, 3.8) is 0 Å². The fourth-order valence-corrected chi connectivity index (χ4v) is 4.19. The number of hydrogen-bond acceptors (Lipinski definition) is 1. The predicted octanol–water partition coefficient (Wildman–Crippen LogP) is 2.85. The number of rotatable bonds is 2. The van der Waals surface area contributed by atoms with Crippen LogP contribution in [0.2, 0.25) is 19.6 Å². The lowest BCUT2D eigenvalue weighted by Crippen LogP contribution is -2.60. The number of halogens is 2. The van der Waals surface area contributed by atoms with Crippen LogP contribution in [0.5, 0.6) is 0 Å². The molecule has 0 rings (SSSR count). The van der Waals surface area contributed by atoms with E-state index < -0.39 is 21.2 Å². The third kappa shape index (κ3) is 3.23. The van der Waals surface area contributed by atoms with Crippen molar-refractivity contribution in [2.75, 3.05) is 0 Å². The molecular formula is C7H18BF2NSi. The van der Waals surface area contributed by atoms with E-state index in [2.05, 4.69) is 0 Å². The monoisotopic (exact) mass is 193 g/mol. The van der Waals surface area contributed by atoms with Gasteiger partial charge in [-0.05, 0) is 20.8 Å². The van der Waals surface area contributed by atoms with Gasteiger partial charge in [0.2, 0.25) is 0 Å². The summed E-state index contributed by atoms with van der Waals surface area (Å²) in [6.07, 6.45) is 0. The highest BCUT2D eigenvalue weighted by Gasteiger charge is 2.42. The summed E-state index contributed by atoms with van der Waals surface area (Å²) in [4.78, 5) is 0. The molecule has 0 unspecified atom stereocenters. The van der Waals surface area contributed by atoms with Crippen molar-refractivity contribution >= 4 is 15.6 Å². The Labute approximate surface area is 75.4 Å². The van der Waals surface area contributed by atoms with Crippen LogP contribution in [0, 0.1) is 0 Å². The van der Waals surface area contributed by atoms with E-state index in [1.807, 2.05) is 40.4 Å². The van der Waals surface area contributed by atoms with E-state index in [-0.39, 0.29) is 0 Å². The van der Waals surface area contributed by atoms with Crippen LogP contribution in [0.25, 0.3) is 0 Å². The second-order valence-corrected chi connectivity index (χ2v) is 9.81. The Morgan fingerprint density at radius 1 is 1.08 bits per heavy atom. The van der Waals surface area contributed by atoms with E-state index in [4.69, 9.17) is 0 Å². The third-order valence-corrected chi connectivity index (χ3v) is 3.95. The van der Waals surface area contributed by atoms with Gasteiger partial charge in [-0.25, -0.2) is 0 Å². The average molecular weight is 193 g/mol. The molecule has 0 saturated carbocycles. The van der Waals surface area contributed by atoms with Gasteiger partial charge in [0.1, 0.15) is 8.24 Å². The summed E-state index contributed by atoms with van der Waals surface area (Å²) in [6, 6.07) is 0. The average Bonchev–Trinajstić information content (AvgIpc) is 1.49. The van der Waals surface area contributed by atoms with Crippen LogP contribution >= 0.6 is 0 Å². The van der Waals surface area contributed by atoms with E-state index in [0.717, 1.165) is 0 Å². The summed E-state index contributed by atoms with van der Waals surface area (Å²) in [5, 5.41) is 0. The minimum absolute atomic E-state index is 0.432. The molecule has 0 fully saturated rings. The third-order valence-electron chi connectivity index (χ3n) is 1.64. The minimum atomic E-state index is -2.34. The van der Waals surface area contributed by atoms with Gasteiger partial charge in [-0.1, -0.05) is 19.6 Å². The molecule has 0 aromatic carbocycles. The van der Waals surface area contributed by atoms with Gasteiger partial charge in [-0.3, -0.25) is 8.63 Å². The highest BCUT2D eigenvalue weighted by atomic mass is 28.3. The van der Waals surface area contributed by atoms with E-state index in [1.165, 1.54) is 4.48 Å². The number of nitrogens with zero attached hydrogens (tertiary/aromatic N) is 1. The lowest BCUT2D eigenvalue weighted by molar-refractivity contribution is 0.312. The van der Waals surface area contributed by atoms with Crippen molar-refractivity contribution in [1.82, 2.24) is 4.48 Å². The highest BCUT2D eigenvalue weighted by molar-refractivity contribution is 6.80. The van der Waals surface area contributed by atoms with Crippen LogP contribution in [0.15, 0.2) is 0 Å². The standard InChI is InChI=1S/C7H18BF2NSi/c1-7(2,3)11(8(9)10)12(4,5)6/h1-6H3. The maximum atomic E-state index is 12.7. The Bertz CT molecular complexity index is 136. The summed E-state index contributed by atoms with van der Waals surface area (Å²) in [5.74, 6) is 0. The van der Waals surface area contributed by atoms with Gasteiger partial charge in [-0.15, -0.1) is 0 Å². The summed E-state index contributed by atoms with van der Waals surface area (Å²) in [6.45, 7) is 11.3. The van der Waals surface area contributed by atoms with Crippen molar-refractivity contribution < 1.29 is 8.63 Å². The second-order valence-electron chi connectivity index (χ2n) is 4.99. The molecule has 0 aliphatic carbocycles. The molecule has 0 bridgehead atoms. The van der Waals surface area contributed by atoms with Crippen LogP contribution in [0.1, 0.15) is 20.8 Å². The molecular weight excluding hydrogens is 175 g/mol. The van der Waals surface area contributed by atoms with Gasteiger partial charge in [0, 0.05) is 5.54 Å².